The number of benzene rings is 2. The molecule has 0 aliphatic rings. The van der Waals surface area contributed by atoms with Gasteiger partial charge in [-0.1, -0.05) is 35.3 Å². The van der Waals surface area contributed by atoms with Gasteiger partial charge in [-0.15, -0.1) is 11.4 Å². The van der Waals surface area contributed by atoms with E-state index in [-0.39, 0.29) is 0 Å². The SMILES string of the molecule is Cc1c(C)c(C)c([N-]CC[OH+]CC[N-]c2c(C)c(C)c(C)c(C)c2C)c(C)c1C.O=N/N=N/N=N/[N]=[Zr]([Cl])[Cl].[Cl][Zr][Cl]. The summed E-state index contributed by atoms with van der Waals surface area (Å²) < 4.78 is 7.94. The average molecular weight is 820 g/mol. The minimum absolute atomic E-state index is 0.741. The molecule has 232 valence electrons. The van der Waals surface area contributed by atoms with Crippen LogP contribution < -0.4 is 0 Å². The van der Waals surface area contributed by atoms with E-state index in [4.69, 9.17) is 44.7 Å². The molecule has 2 rings (SSSR count). The molecule has 0 heterocycles. The van der Waals surface area contributed by atoms with Crippen LogP contribution in [-0.2, 0) is 40.0 Å². The van der Waals surface area contributed by atoms with Gasteiger partial charge in [0, 0.05) is 0 Å². The fourth-order valence-electron chi connectivity index (χ4n) is 4.12. The molecule has 0 spiro atoms. The van der Waals surface area contributed by atoms with Gasteiger partial charge in [-0.05, 0) is 103 Å². The molecule has 0 fully saturated rings. The fraction of sp³-hybridized carbons (Fsp3) is 0.538. The maximum absolute atomic E-state index is 9.22. The number of nitroso groups, excluding NO2 is 1. The van der Waals surface area contributed by atoms with E-state index in [9.17, 15) is 4.91 Å². The number of hydrogen-bond donors (Lipinski definition) is 0. The Balaban J connectivity index is 0.00000108. The third-order valence-electron chi connectivity index (χ3n) is 7.25. The zero-order chi connectivity index (χ0) is 32.4. The Morgan fingerprint density at radius 3 is 1.21 bits per heavy atom. The van der Waals surface area contributed by atoms with Gasteiger partial charge >= 0.3 is 108 Å². The van der Waals surface area contributed by atoms with Crippen LogP contribution in [0, 0.1) is 74.1 Å². The van der Waals surface area contributed by atoms with E-state index in [0.717, 1.165) is 37.7 Å². The number of halogens is 4. The van der Waals surface area contributed by atoms with Crippen LogP contribution in [0.3, 0.4) is 0 Å². The van der Waals surface area contributed by atoms with Crippen LogP contribution in [0.4, 0.5) is 11.4 Å². The van der Waals surface area contributed by atoms with E-state index in [1.807, 2.05) is 5.29 Å². The molecule has 0 bridgehead atoms. The first-order valence-corrected chi connectivity index (χ1v) is 26.6. The molecule has 0 atom stereocenters. The van der Waals surface area contributed by atoms with Gasteiger partial charge in [-0.25, -0.2) is 0 Å². The van der Waals surface area contributed by atoms with Crippen LogP contribution >= 0.6 is 34.1 Å². The first-order valence-electron chi connectivity index (χ1n) is 12.9. The summed E-state index contributed by atoms with van der Waals surface area (Å²) in [6.45, 7) is 24.9. The molecule has 2 aromatic rings. The van der Waals surface area contributed by atoms with Crippen LogP contribution in [0.15, 0.2) is 29.2 Å². The predicted octanol–water partition coefficient (Wildman–Crippen LogP) is 10.9. The normalized spacial score (nSPS) is 10.5. The topological polar surface area (TPSA) is 132 Å². The summed E-state index contributed by atoms with van der Waals surface area (Å²) in [5.41, 5.74) is 15.7. The zero-order valence-corrected chi connectivity index (χ0v) is 33.7. The van der Waals surface area contributed by atoms with Gasteiger partial charge in [0.25, 0.3) is 0 Å². The molecule has 0 saturated heterocycles. The standard InChI is InChI=1S/C26H38N2O.4ClH.N6O.2Zr/c1-15-17(3)21(7)25(22(8)18(15)4)27-11-13-29-14-12-28-26-23(9)19(5)16(2)20(6)24(26)10;;;;;1-2-3-4-5-6-7;;/h11-14H2,1-10H3;4*1H;;;/q-2;;;;;;2*+2/p-3/b;;;;;3-2+,5-4+;;. The van der Waals surface area contributed by atoms with E-state index < -0.39 is 40.0 Å². The van der Waals surface area contributed by atoms with E-state index in [1.54, 1.807) is 0 Å². The number of aliphatic hydroxyl groups is 2. The Bertz CT molecular complexity index is 1140. The molecular weight excluding hydrogens is 781 g/mol. The van der Waals surface area contributed by atoms with Gasteiger partial charge in [-0.2, -0.15) is 0 Å². The second-order valence-corrected chi connectivity index (χ2v) is 20.0. The van der Waals surface area contributed by atoms with Gasteiger partial charge in [0.2, 0.25) is 0 Å². The third kappa shape index (κ3) is 14.1. The summed E-state index contributed by atoms with van der Waals surface area (Å²) in [6.07, 6.45) is 0. The molecule has 16 heteroatoms. The zero-order valence-electron chi connectivity index (χ0n) is 25.8. The van der Waals surface area contributed by atoms with Crippen molar-refractivity contribution in [2.75, 3.05) is 26.3 Å². The second-order valence-electron chi connectivity index (χ2n) is 9.23. The van der Waals surface area contributed by atoms with Crippen LogP contribution in [-0.4, -0.2) is 31.0 Å². The maximum atomic E-state index is 9.22. The van der Waals surface area contributed by atoms with Crippen LogP contribution in [0.25, 0.3) is 10.6 Å². The molecule has 0 aromatic heterocycles. The molecule has 42 heavy (non-hydrogen) atoms. The molecule has 10 nitrogen and oxygen atoms in total. The summed E-state index contributed by atoms with van der Waals surface area (Å²) in [6, 6.07) is 0. The van der Waals surface area contributed by atoms with E-state index in [1.165, 1.54) is 55.6 Å². The van der Waals surface area contributed by atoms with Crippen molar-refractivity contribution in [2.24, 2.45) is 29.2 Å². The Morgan fingerprint density at radius 2 is 0.905 bits per heavy atom. The van der Waals surface area contributed by atoms with Crippen molar-refractivity contribution in [1.29, 1.82) is 0 Å². The van der Waals surface area contributed by atoms with E-state index in [0.29, 0.717) is 0 Å². The van der Waals surface area contributed by atoms with Gasteiger partial charge < -0.3 is 15.4 Å². The number of nitrogens with zero attached hydrogens (tertiary/aromatic N) is 8. The summed E-state index contributed by atoms with van der Waals surface area (Å²) in [7, 11) is 20.4. The first-order chi connectivity index (χ1) is 19.8. The van der Waals surface area contributed by atoms with Crippen molar-refractivity contribution in [3.63, 3.8) is 0 Å². The van der Waals surface area contributed by atoms with Gasteiger partial charge in [0.15, 0.2) is 0 Å². The Kier molecular flexibility index (Phi) is 22.7. The number of rotatable bonds is 11. The van der Waals surface area contributed by atoms with Crippen molar-refractivity contribution < 1.29 is 44.8 Å². The van der Waals surface area contributed by atoms with Crippen molar-refractivity contribution in [3.8, 4) is 0 Å². The van der Waals surface area contributed by atoms with Gasteiger partial charge in [0.1, 0.15) is 13.2 Å². The summed E-state index contributed by atoms with van der Waals surface area (Å²) in [4.78, 5) is 9.22. The van der Waals surface area contributed by atoms with Crippen LogP contribution in [0.2, 0.25) is 0 Å². The molecule has 0 aliphatic heterocycles. The molecule has 0 radical (unpaired) electrons. The molecule has 0 amide bonds. The second kappa shape index (κ2) is 22.9. The van der Waals surface area contributed by atoms with Gasteiger partial charge in [0.05, 0.1) is 0 Å². The quantitative estimate of drug-likeness (QED) is 0.0721. The molecule has 0 aliphatic carbocycles. The first kappa shape index (κ1) is 41.5. The van der Waals surface area contributed by atoms with Crippen LogP contribution in [0.5, 0.6) is 0 Å². The molecule has 2 aromatic carbocycles. The Hall–Kier alpha value is -0.474. The summed E-state index contributed by atoms with van der Waals surface area (Å²) in [5.74, 6) is 0. The average Bonchev–Trinajstić information content (AvgIpc) is 2.96. The molecule has 0 unspecified atom stereocenters. The van der Waals surface area contributed by atoms with Crippen LogP contribution in [0.1, 0.15) is 55.6 Å². The molecule has 0 saturated carbocycles. The summed E-state index contributed by atoms with van der Waals surface area (Å²) >= 11 is -3.42. The van der Waals surface area contributed by atoms with Crippen molar-refractivity contribution in [1.82, 2.24) is 0 Å². The summed E-state index contributed by atoms with van der Waals surface area (Å²) in [5, 5.41) is 23.0. The number of hydrogen-bond acceptors (Lipinski definition) is 2. The molecular formula is C26H39Cl4N8O2Zr2-. The van der Waals surface area contributed by atoms with E-state index >= 15 is 0 Å². The van der Waals surface area contributed by atoms with Crippen molar-refractivity contribution >= 4 is 45.4 Å². The van der Waals surface area contributed by atoms with E-state index in [2.05, 4.69) is 97.8 Å². The molecule has 1 N–H and O–H groups in total. The fourth-order valence-corrected chi connectivity index (χ4v) is 4.78. The van der Waals surface area contributed by atoms with Gasteiger partial charge in [-0.3, -0.25) is 0 Å². The monoisotopic (exact) mass is 815 g/mol. The predicted molar refractivity (Wildman–Crippen MR) is 169 cm³/mol. The Labute approximate surface area is 283 Å². The van der Waals surface area contributed by atoms with Crippen molar-refractivity contribution in [2.45, 2.75) is 69.2 Å². The van der Waals surface area contributed by atoms with Crippen molar-refractivity contribution in [3.05, 3.63) is 71.2 Å². The minimum atomic E-state index is -2.59. The Morgan fingerprint density at radius 1 is 0.595 bits per heavy atom. The third-order valence-corrected chi connectivity index (χ3v) is 8.74. The number of ether oxygens (including phenoxy) is 1.